The highest BCUT2D eigenvalue weighted by atomic mass is 16.5. The molecule has 0 atom stereocenters. The van der Waals surface area contributed by atoms with Crippen LogP contribution >= 0.6 is 0 Å². The molecule has 1 N–H and O–H groups in total. The number of anilines is 1. The first-order chi connectivity index (χ1) is 9.04. The van der Waals surface area contributed by atoms with E-state index in [1.54, 1.807) is 0 Å². The molecule has 0 aromatic heterocycles. The van der Waals surface area contributed by atoms with Crippen molar-refractivity contribution in [2.75, 3.05) is 31.6 Å². The summed E-state index contributed by atoms with van der Waals surface area (Å²) in [6.45, 7) is 12.1. The number of hydrogen-bond acceptors (Lipinski definition) is 3. The van der Waals surface area contributed by atoms with Gasteiger partial charge < -0.3 is 15.0 Å². The summed E-state index contributed by atoms with van der Waals surface area (Å²) in [6, 6.07) is 6.66. The van der Waals surface area contributed by atoms with Gasteiger partial charge in [-0.05, 0) is 50.6 Å². The maximum atomic E-state index is 5.59. The van der Waals surface area contributed by atoms with E-state index in [0.29, 0.717) is 6.10 Å². The lowest BCUT2D eigenvalue weighted by Crippen LogP contribution is -2.24. The number of hydrogen-bond donors (Lipinski definition) is 1. The van der Waals surface area contributed by atoms with Gasteiger partial charge in [-0.2, -0.15) is 0 Å². The molecule has 0 radical (unpaired) electrons. The number of nitrogens with zero attached hydrogens (tertiary/aromatic N) is 1. The molecule has 0 amide bonds. The fourth-order valence-electron chi connectivity index (χ4n) is 1.93. The summed E-state index contributed by atoms with van der Waals surface area (Å²) >= 11 is 0. The summed E-state index contributed by atoms with van der Waals surface area (Å²) in [4.78, 5) is 2.24. The second kappa shape index (κ2) is 8.18. The Morgan fingerprint density at radius 3 is 2.63 bits per heavy atom. The number of likely N-dealkylation sites (N-methyl/N-ethyl adjacent to an activating group) is 1. The molecular weight excluding hydrogens is 236 g/mol. The fraction of sp³-hybridized carbons (Fsp3) is 0.625. The predicted molar refractivity (Wildman–Crippen MR) is 82.9 cm³/mol. The van der Waals surface area contributed by atoms with E-state index < -0.39 is 0 Å². The van der Waals surface area contributed by atoms with Gasteiger partial charge in [-0.25, -0.2) is 0 Å². The third-order valence-corrected chi connectivity index (χ3v) is 3.21. The molecule has 0 aliphatic carbocycles. The second-order valence-electron chi connectivity index (χ2n) is 5.23. The smallest absolute Gasteiger partial charge is 0.0644 e. The van der Waals surface area contributed by atoms with Crippen molar-refractivity contribution < 1.29 is 4.74 Å². The third kappa shape index (κ3) is 5.62. The molecule has 0 aliphatic heterocycles. The van der Waals surface area contributed by atoms with Crippen LogP contribution in [0, 0.1) is 6.92 Å². The first-order valence-electron chi connectivity index (χ1n) is 7.17. The highest BCUT2D eigenvalue weighted by molar-refractivity contribution is 5.50. The number of rotatable bonds is 8. The van der Waals surface area contributed by atoms with Crippen LogP contribution in [0.2, 0.25) is 0 Å². The number of nitrogens with one attached hydrogen (secondary N) is 1. The van der Waals surface area contributed by atoms with Crippen molar-refractivity contribution in [3.63, 3.8) is 0 Å². The first kappa shape index (κ1) is 16.0. The van der Waals surface area contributed by atoms with Gasteiger partial charge in [0.2, 0.25) is 0 Å². The molecule has 0 aliphatic rings. The lowest BCUT2D eigenvalue weighted by molar-refractivity contribution is 0.0846. The molecule has 19 heavy (non-hydrogen) atoms. The Kier molecular flexibility index (Phi) is 6.89. The molecule has 108 valence electrons. The zero-order chi connectivity index (χ0) is 14.3. The Hall–Kier alpha value is -1.06. The topological polar surface area (TPSA) is 24.5 Å². The molecule has 0 fully saturated rings. The van der Waals surface area contributed by atoms with Crippen LogP contribution in [0.15, 0.2) is 18.2 Å². The minimum absolute atomic E-state index is 0.303. The van der Waals surface area contributed by atoms with Gasteiger partial charge in [0.15, 0.2) is 0 Å². The first-order valence-corrected chi connectivity index (χ1v) is 7.17. The second-order valence-corrected chi connectivity index (χ2v) is 5.23. The molecular formula is C16H28N2O. The summed E-state index contributed by atoms with van der Waals surface area (Å²) in [6.07, 6.45) is 0.303. The Morgan fingerprint density at radius 2 is 2.05 bits per heavy atom. The molecule has 0 saturated carbocycles. The largest absolute Gasteiger partial charge is 0.377 e. The Balaban J connectivity index is 2.56. The molecule has 1 aromatic rings. The van der Waals surface area contributed by atoms with E-state index >= 15 is 0 Å². The Morgan fingerprint density at radius 1 is 1.32 bits per heavy atom. The SMILES string of the molecule is CCNCc1ccc(N(C)CCOC(C)C)cc1C. The standard InChI is InChI=1S/C16H28N2O/c1-6-17-12-15-7-8-16(11-14(15)4)18(5)9-10-19-13(2)3/h7-8,11,13,17H,6,9-10,12H2,1-5H3. The molecule has 0 bridgehead atoms. The van der Waals surface area contributed by atoms with Crippen LogP contribution in [0.5, 0.6) is 0 Å². The van der Waals surface area contributed by atoms with E-state index in [0.717, 1.165) is 26.2 Å². The van der Waals surface area contributed by atoms with E-state index in [1.807, 2.05) is 0 Å². The van der Waals surface area contributed by atoms with Gasteiger partial charge in [0.1, 0.15) is 0 Å². The van der Waals surface area contributed by atoms with Crippen LogP contribution in [0.3, 0.4) is 0 Å². The predicted octanol–water partition coefficient (Wildman–Crippen LogP) is 2.97. The highest BCUT2D eigenvalue weighted by Crippen LogP contribution is 2.18. The summed E-state index contributed by atoms with van der Waals surface area (Å²) in [5.41, 5.74) is 3.97. The quantitative estimate of drug-likeness (QED) is 0.781. The maximum absolute atomic E-state index is 5.59. The molecule has 0 heterocycles. The average Bonchev–Trinajstić information content (AvgIpc) is 2.36. The van der Waals surface area contributed by atoms with Gasteiger partial charge >= 0.3 is 0 Å². The van der Waals surface area contributed by atoms with E-state index in [2.05, 4.69) is 63.2 Å². The van der Waals surface area contributed by atoms with Crippen molar-refractivity contribution in [3.05, 3.63) is 29.3 Å². The van der Waals surface area contributed by atoms with Gasteiger partial charge in [0.25, 0.3) is 0 Å². The van der Waals surface area contributed by atoms with Gasteiger partial charge in [-0.3, -0.25) is 0 Å². The lowest BCUT2D eigenvalue weighted by Gasteiger charge is -2.21. The van der Waals surface area contributed by atoms with Crippen molar-refractivity contribution in [2.45, 2.75) is 40.3 Å². The van der Waals surface area contributed by atoms with Crippen LogP contribution in [0.1, 0.15) is 31.9 Å². The van der Waals surface area contributed by atoms with Crippen molar-refractivity contribution in [1.82, 2.24) is 5.32 Å². The molecule has 0 saturated heterocycles. The minimum Gasteiger partial charge on any atom is -0.377 e. The van der Waals surface area contributed by atoms with E-state index in [4.69, 9.17) is 4.74 Å². The summed E-state index contributed by atoms with van der Waals surface area (Å²) in [7, 11) is 2.11. The minimum atomic E-state index is 0.303. The summed E-state index contributed by atoms with van der Waals surface area (Å²) < 4.78 is 5.59. The zero-order valence-electron chi connectivity index (χ0n) is 13.0. The zero-order valence-corrected chi connectivity index (χ0v) is 13.0. The monoisotopic (exact) mass is 264 g/mol. The number of benzene rings is 1. The third-order valence-electron chi connectivity index (χ3n) is 3.21. The van der Waals surface area contributed by atoms with Crippen molar-refractivity contribution >= 4 is 5.69 Å². The molecule has 0 spiro atoms. The fourth-order valence-corrected chi connectivity index (χ4v) is 1.93. The lowest BCUT2D eigenvalue weighted by atomic mass is 10.1. The van der Waals surface area contributed by atoms with Gasteiger partial charge in [0, 0.05) is 25.8 Å². The van der Waals surface area contributed by atoms with Crippen molar-refractivity contribution in [1.29, 1.82) is 0 Å². The molecule has 1 rings (SSSR count). The van der Waals surface area contributed by atoms with Crippen LogP contribution in [0.25, 0.3) is 0 Å². The summed E-state index contributed by atoms with van der Waals surface area (Å²) in [5, 5.41) is 3.37. The Bertz CT molecular complexity index is 377. The van der Waals surface area contributed by atoms with Crippen LogP contribution in [0.4, 0.5) is 5.69 Å². The van der Waals surface area contributed by atoms with Crippen molar-refractivity contribution in [2.24, 2.45) is 0 Å². The van der Waals surface area contributed by atoms with E-state index in [9.17, 15) is 0 Å². The highest BCUT2D eigenvalue weighted by Gasteiger charge is 2.04. The van der Waals surface area contributed by atoms with Gasteiger partial charge in [0.05, 0.1) is 12.7 Å². The van der Waals surface area contributed by atoms with Crippen molar-refractivity contribution in [3.8, 4) is 0 Å². The van der Waals surface area contributed by atoms with Crippen LogP contribution in [-0.4, -0.2) is 32.8 Å². The van der Waals surface area contributed by atoms with Gasteiger partial charge in [-0.1, -0.05) is 13.0 Å². The van der Waals surface area contributed by atoms with Crippen LogP contribution in [-0.2, 0) is 11.3 Å². The summed E-state index contributed by atoms with van der Waals surface area (Å²) in [5.74, 6) is 0. The molecule has 3 nitrogen and oxygen atoms in total. The van der Waals surface area contributed by atoms with E-state index in [1.165, 1.54) is 16.8 Å². The normalized spacial score (nSPS) is 11.1. The average molecular weight is 264 g/mol. The Labute approximate surface area is 118 Å². The maximum Gasteiger partial charge on any atom is 0.0644 e. The number of ether oxygens (including phenoxy) is 1. The molecule has 3 heteroatoms. The van der Waals surface area contributed by atoms with Gasteiger partial charge in [-0.15, -0.1) is 0 Å². The van der Waals surface area contributed by atoms with Crippen LogP contribution < -0.4 is 10.2 Å². The molecule has 1 aromatic carbocycles. The molecule has 0 unspecified atom stereocenters. The van der Waals surface area contributed by atoms with E-state index in [-0.39, 0.29) is 0 Å². The number of aryl methyl sites for hydroxylation is 1.